The average molecular weight is 215 g/mol. The molecule has 0 aliphatic rings. The zero-order valence-corrected chi connectivity index (χ0v) is 9.17. The van der Waals surface area contributed by atoms with Gasteiger partial charge in [0.2, 0.25) is 0 Å². The van der Waals surface area contributed by atoms with E-state index in [9.17, 15) is 0 Å². The number of halogens is 1. The summed E-state index contributed by atoms with van der Waals surface area (Å²) in [4.78, 5) is 3.97. The molecular formula is C10H15ClN2O. The summed E-state index contributed by atoms with van der Waals surface area (Å²) in [5.74, 6) is 0. The Labute approximate surface area is 89.1 Å². The van der Waals surface area contributed by atoms with E-state index in [1.807, 2.05) is 19.9 Å². The monoisotopic (exact) mass is 214 g/mol. The van der Waals surface area contributed by atoms with Gasteiger partial charge in [0.25, 0.3) is 0 Å². The predicted molar refractivity (Wildman–Crippen MR) is 57.3 cm³/mol. The Bertz CT molecular complexity index is 285. The maximum atomic E-state index is 9.02. The standard InChI is InChI=1S/C10H15ClN2O/c1-10(2,7-14)13-6-8-3-4-9(11)12-5-8/h3-5,13-14H,6-7H2,1-2H3. The van der Waals surface area contributed by atoms with Crippen molar-refractivity contribution < 1.29 is 5.11 Å². The summed E-state index contributed by atoms with van der Waals surface area (Å²) in [6, 6.07) is 3.67. The average Bonchev–Trinajstić information content (AvgIpc) is 2.17. The molecule has 0 fully saturated rings. The van der Waals surface area contributed by atoms with Crippen LogP contribution in [0.2, 0.25) is 5.15 Å². The van der Waals surface area contributed by atoms with Crippen LogP contribution in [0.25, 0.3) is 0 Å². The molecule has 14 heavy (non-hydrogen) atoms. The van der Waals surface area contributed by atoms with Gasteiger partial charge >= 0.3 is 0 Å². The number of aromatic nitrogens is 1. The van der Waals surface area contributed by atoms with Crippen molar-refractivity contribution in [2.45, 2.75) is 25.9 Å². The molecule has 1 aromatic heterocycles. The van der Waals surface area contributed by atoms with Gasteiger partial charge in [-0.3, -0.25) is 0 Å². The summed E-state index contributed by atoms with van der Waals surface area (Å²) in [6.07, 6.45) is 1.72. The van der Waals surface area contributed by atoms with Crippen LogP contribution in [-0.2, 0) is 6.54 Å². The molecule has 0 aliphatic heterocycles. The molecule has 3 nitrogen and oxygen atoms in total. The second-order valence-electron chi connectivity index (χ2n) is 3.88. The first kappa shape index (κ1) is 11.4. The van der Waals surface area contributed by atoms with Crippen molar-refractivity contribution in [2.24, 2.45) is 0 Å². The Kier molecular flexibility index (Phi) is 3.86. The summed E-state index contributed by atoms with van der Waals surface area (Å²) in [5.41, 5.74) is 0.788. The van der Waals surface area contributed by atoms with Crippen LogP contribution in [0.4, 0.5) is 0 Å². The third-order valence-electron chi connectivity index (χ3n) is 1.95. The van der Waals surface area contributed by atoms with Crippen molar-refractivity contribution in [2.75, 3.05) is 6.61 Å². The van der Waals surface area contributed by atoms with Gasteiger partial charge in [-0.15, -0.1) is 0 Å². The lowest BCUT2D eigenvalue weighted by atomic mass is 10.1. The number of hydrogen-bond donors (Lipinski definition) is 2. The third kappa shape index (κ3) is 3.62. The fourth-order valence-electron chi connectivity index (χ4n) is 0.908. The molecule has 0 unspecified atom stereocenters. The number of nitrogens with one attached hydrogen (secondary N) is 1. The molecule has 0 radical (unpaired) electrons. The van der Waals surface area contributed by atoms with Gasteiger partial charge < -0.3 is 10.4 Å². The van der Waals surface area contributed by atoms with Gasteiger partial charge in [0, 0.05) is 18.3 Å². The maximum absolute atomic E-state index is 9.02. The molecule has 0 aromatic carbocycles. The SMILES string of the molecule is CC(C)(CO)NCc1ccc(Cl)nc1. The van der Waals surface area contributed by atoms with Crippen molar-refractivity contribution >= 4 is 11.6 Å². The van der Waals surface area contributed by atoms with Crippen LogP contribution in [0.5, 0.6) is 0 Å². The fourth-order valence-corrected chi connectivity index (χ4v) is 1.02. The van der Waals surface area contributed by atoms with Crippen molar-refractivity contribution in [1.29, 1.82) is 0 Å². The number of pyridine rings is 1. The molecule has 0 spiro atoms. The molecule has 4 heteroatoms. The second-order valence-corrected chi connectivity index (χ2v) is 4.27. The van der Waals surface area contributed by atoms with E-state index in [1.54, 1.807) is 12.3 Å². The molecule has 0 saturated carbocycles. The Hall–Kier alpha value is -0.640. The Balaban J connectivity index is 2.50. The van der Waals surface area contributed by atoms with E-state index < -0.39 is 0 Å². The fraction of sp³-hybridized carbons (Fsp3) is 0.500. The topological polar surface area (TPSA) is 45.1 Å². The van der Waals surface area contributed by atoms with E-state index in [0.29, 0.717) is 11.7 Å². The molecule has 0 amide bonds. The minimum absolute atomic E-state index is 0.105. The largest absolute Gasteiger partial charge is 0.394 e. The van der Waals surface area contributed by atoms with Crippen LogP contribution in [0.1, 0.15) is 19.4 Å². The third-order valence-corrected chi connectivity index (χ3v) is 2.18. The molecule has 78 valence electrons. The first-order valence-electron chi connectivity index (χ1n) is 4.50. The van der Waals surface area contributed by atoms with E-state index in [0.717, 1.165) is 5.56 Å². The zero-order chi connectivity index (χ0) is 10.6. The smallest absolute Gasteiger partial charge is 0.129 e. The predicted octanol–water partition coefficient (Wildman–Crippen LogP) is 1.60. The van der Waals surface area contributed by atoms with Crippen molar-refractivity contribution in [3.8, 4) is 0 Å². The Morgan fingerprint density at radius 3 is 2.71 bits per heavy atom. The van der Waals surface area contributed by atoms with Gasteiger partial charge in [0.15, 0.2) is 0 Å². The van der Waals surface area contributed by atoms with Crippen molar-refractivity contribution in [3.63, 3.8) is 0 Å². The Morgan fingerprint density at radius 2 is 2.21 bits per heavy atom. The second kappa shape index (κ2) is 4.73. The molecule has 0 atom stereocenters. The molecule has 0 saturated heterocycles. The van der Waals surface area contributed by atoms with Gasteiger partial charge in [-0.1, -0.05) is 17.7 Å². The quantitative estimate of drug-likeness (QED) is 0.749. The summed E-state index contributed by atoms with van der Waals surface area (Å²) in [7, 11) is 0. The van der Waals surface area contributed by atoms with Gasteiger partial charge in [0.05, 0.1) is 6.61 Å². The van der Waals surface area contributed by atoms with E-state index in [-0.39, 0.29) is 12.1 Å². The van der Waals surface area contributed by atoms with E-state index in [1.165, 1.54) is 0 Å². The van der Waals surface area contributed by atoms with Crippen molar-refractivity contribution in [1.82, 2.24) is 10.3 Å². The lowest BCUT2D eigenvalue weighted by molar-refractivity contribution is 0.187. The van der Waals surface area contributed by atoms with Crippen molar-refractivity contribution in [3.05, 3.63) is 29.0 Å². The highest BCUT2D eigenvalue weighted by Gasteiger charge is 2.14. The lowest BCUT2D eigenvalue weighted by Crippen LogP contribution is -2.42. The van der Waals surface area contributed by atoms with Crippen LogP contribution in [0.15, 0.2) is 18.3 Å². The van der Waals surface area contributed by atoms with Gasteiger partial charge in [0.1, 0.15) is 5.15 Å². The molecule has 1 aromatic rings. The maximum Gasteiger partial charge on any atom is 0.129 e. The minimum atomic E-state index is -0.264. The van der Waals surface area contributed by atoms with Crippen LogP contribution in [-0.4, -0.2) is 22.2 Å². The molecule has 1 heterocycles. The number of aliphatic hydroxyl groups excluding tert-OH is 1. The van der Waals surface area contributed by atoms with Crippen LogP contribution < -0.4 is 5.32 Å². The van der Waals surface area contributed by atoms with Gasteiger partial charge in [-0.25, -0.2) is 4.98 Å². The Morgan fingerprint density at radius 1 is 1.50 bits per heavy atom. The first-order chi connectivity index (χ1) is 6.53. The van der Waals surface area contributed by atoms with E-state index >= 15 is 0 Å². The number of nitrogens with zero attached hydrogens (tertiary/aromatic N) is 1. The molecular weight excluding hydrogens is 200 g/mol. The number of rotatable bonds is 4. The van der Waals surface area contributed by atoms with Gasteiger partial charge in [-0.05, 0) is 25.5 Å². The summed E-state index contributed by atoms with van der Waals surface area (Å²) in [5, 5.41) is 12.7. The normalized spacial score (nSPS) is 11.7. The summed E-state index contributed by atoms with van der Waals surface area (Å²) >= 11 is 5.66. The van der Waals surface area contributed by atoms with E-state index in [4.69, 9.17) is 16.7 Å². The minimum Gasteiger partial charge on any atom is -0.394 e. The molecule has 0 aliphatic carbocycles. The number of aliphatic hydroxyl groups is 1. The van der Waals surface area contributed by atoms with Crippen LogP contribution in [0.3, 0.4) is 0 Å². The highest BCUT2D eigenvalue weighted by atomic mass is 35.5. The first-order valence-corrected chi connectivity index (χ1v) is 4.87. The van der Waals surface area contributed by atoms with E-state index in [2.05, 4.69) is 10.3 Å². The van der Waals surface area contributed by atoms with Gasteiger partial charge in [-0.2, -0.15) is 0 Å². The van der Waals surface area contributed by atoms with Crippen LogP contribution in [0, 0.1) is 0 Å². The zero-order valence-electron chi connectivity index (χ0n) is 8.42. The summed E-state index contributed by atoms with van der Waals surface area (Å²) in [6.45, 7) is 4.67. The molecule has 2 N–H and O–H groups in total. The lowest BCUT2D eigenvalue weighted by Gasteiger charge is -2.23. The molecule has 0 bridgehead atoms. The highest BCUT2D eigenvalue weighted by molar-refractivity contribution is 6.29. The van der Waals surface area contributed by atoms with Crippen LogP contribution >= 0.6 is 11.6 Å². The molecule has 1 rings (SSSR count). The number of hydrogen-bond acceptors (Lipinski definition) is 3. The summed E-state index contributed by atoms with van der Waals surface area (Å²) < 4.78 is 0. The highest BCUT2D eigenvalue weighted by Crippen LogP contribution is 2.07.